The number of halogens is 2. The van der Waals surface area contributed by atoms with Crippen molar-refractivity contribution in [2.75, 3.05) is 11.1 Å². The summed E-state index contributed by atoms with van der Waals surface area (Å²) in [6.45, 7) is 0. The second-order valence-corrected chi connectivity index (χ2v) is 4.06. The molecule has 0 aliphatic carbocycles. The third-order valence-corrected chi connectivity index (χ3v) is 2.72. The molecule has 4 N–H and O–H groups in total. The van der Waals surface area contributed by atoms with E-state index in [2.05, 4.69) is 10.3 Å². The van der Waals surface area contributed by atoms with Crippen LogP contribution in [0.15, 0.2) is 30.5 Å². The van der Waals surface area contributed by atoms with E-state index in [1.807, 2.05) is 0 Å². The highest BCUT2D eigenvalue weighted by Crippen LogP contribution is 2.28. The highest BCUT2D eigenvalue weighted by Gasteiger charge is 2.14. The summed E-state index contributed by atoms with van der Waals surface area (Å²) in [5.74, 6) is -1.79. The van der Waals surface area contributed by atoms with Gasteiger partial charge in [-0.1, -0.05) is 17.7 Å². The fourth-order valence-electron chi connectivity index (χ4n) is 1.49. The summed E-state index contributed by atoms with van der Waals surface area (Å²) in [4.78, 5) is 14.8. The Bertz CT molecular complexity index is 649. The van der Waals surface area contributed by atoms with E-state index in [1.165, 1.54) is 24.4 Å². The number of carbonyl (C=O) groups is 1. The van der Waals surface area contributed by atoms with Gasteiger partial charge in [0.2, 0.25) is 0 Å². The van der Waals surface area contributed by atoms with Crippen LogP contribution in [0.25, 0.3) is 0 Å². The van der Waals surface area contributed by atoms with Gasteiger partial charge >= 0.3 is 5.97 Å². The Kier molecular flexibility index (Phi) is 3.52. The normalized spacial score (nSPS) is 10.2. The molecule has 0 atom stereocenters. The lowest BCUT2D eigenvalue weighted by molar-refractivity contribution is 0.0698. The second-order valence-electron chi connectivity index (χ2n) is 3.65. The highest BCUT2D eigenvalue weighted by molar-refractivity contribution is 6.31. The summed E-state index contributed by atoms with van der Waals surface area (Å²) in [5, 5.41) is 11.5. The predicted octanol–water partition coefficient (Wildman–Crippen LogP) is 2.90. The number of hydrogen-bond donors (Lipinski definition) is 3. The Hall–Kier alpha value is -2.34. The molecule has 0 aliphatic rings. The molecule has 0 fully saturated rings. The van der Waals surface area contributed by atoms with Crippen LogP contribution in [0, 0.1) is 5.82 Å². The first-order valence-corrected chi connectivity index (χ1v) is 5.57. The van der Waals surface area contributed by atoms with E-state index in [9.17, 15) is 9.18 Å². The van der Waals surface area contributed by atoms with E-state index in [4.69, 9.17) is 22.4 Å². The van der Waals surface area contributed by atoms with E-state index in [0.717, 1.165) is 0 Å². The monoisotopic (exact) mass is 281 g/mol. The standard InChI is InChI=1S/C12H9ClFN3O2/c13-7-2-1-3-8(9(7)14)17-11-10(15)6(12(18)19)4-5-16-11/h1-5H,15H2,(H,16,17)(H,18,19). The maximum Gasteiger partial charge on any atom is 0.337 e. The summed E-state index contributed by atoms with van der Waals surface area (Å²) < 4.78 is 13.7. The quantitative estimate of drug-likeness (QED) is 0.805. The summed E-state index contributed by atoms with van der Waals surface area (Å²) in [7, 11) is 0. The first-order valence-electron chi connectivity index (χ1n) is 5.19. The molecule has 19 heavy (non-hydrogen) atoms. The largest absolute Gasteiger partial charge is 0.478 e. The van der Waals surface area contributed by atoms with Crippen LogP contribution in [0.1, 0.15) is 10.4 Å². The molecule has 0 spiro atoms. The summed E-state index contributed by atoms with van der Waals surface area (Å²) in [5.41, 5.74) is 5.54. The maximum atomic E-state index is 13.7. The van der Waals surface area contributed by atoms with E-state index in [-0.39, 0.29) is 27.8 Å². The topological polar surface area (TPSA) is 88.2 Å². The van der Waals surface area contributed by atoms with Crippen molar-refractivity contribution in [2.45, 2.75) is 0 Å². The minimum absolute atomic E-state index is 0.0565. The molecule has 2 rings (SSSR count). The summed E-state index contributed by atoms with van der Waals surface area (Å²) >= 11 is 5.64. The van der Waals surface area contributed by atoms with Crippen LogP contribution < -0.4 is 11.1 Å². The molecule has 98 valence electrons. The Labute approximate surface area is 112 Å². The molecule has 1 heterocycles. The van der Waals surface area contributed by atoms with Crippen molar-refractivity contribution >= 4 is 34.8 Å². The number of nitrogen functional groups attached to an aromatic ring is 1. The Morgan fingerprint density at radius 1 is 1.42 bits per heavy atom. The Balaban J connectivity index is 2.42. The highest BCUT2D eigenvalue weighted by atomic mass is 35.5. The van der Waals surface area contributed by atoms with Crippen LogP contribution in [0.2, 0.25) is 5.02 Å². The average molecular weight is 282 g/mol. The second kappa shape index (κ2) is 5.11. The van der Waals surface area contributed by atoms with Crippen molar-refractivity contribution in [1.82, 2.24) is 4.98 Å². The van der Waals surface area contributed by atoms with Gasteiger partial charge in [-0.3, -0.25) is 0 Å². The van der Waals surface area contributed by atoms with Crippen molar-refractivity contribution in [3.63, 3.8) is 0 Å². The van der Waals surface area contributed by atoms with Gasteiger partial charge in [0.1, 0.15) is 0 Å². The fraction of sp³-hybridized carbons (Fsp3) is 0. The van der Waals surface area contributed by atoms with E-state index in [0.29, 0.717) is 0 Å². The molecular formula is C12H9ClFN3O2. The minimum Gasteiger partial charge on any atom is -0.478 e. The number of pyridine rings is 1. The molecule has 0 unspecified atom stereocenters. The fourth-order valence-corrected chi connectivity index (χ4v) is 1.66. The zero-order valence-corrected chi connectivity index (χ0v) is 10.3. The number of nitrogens with one attached hydrogen (secondary N) is 1. The smallest absolute Gasteiger partial charge is 0.337 e. The van der Waals surface area contributed by atoms with Gasteiger partial charge in [0, 0.05) is 6.20 Å². The van der Waals surface area contributed by atoms with Crippen molar-refractivity contribution < 1.29 is 14.3 Å². The molecule has 1 aromatic heterocycles. The maximum absolute atomic E-state index is 13.7. The lowest BCUT2D eigenvalue weighted by Crippen LogP contribution is -2.07. The van der Waals surface area contributed by atoms with Gasteiger partial charge in [-0.15, -0.1) is 0 Å². The van der Waals surface area contributed by atoms with Crippen LogP contribution in [-0.4, -0.2) is 16.1 Å². The number of hydrogen-bond acceptors (Lipinski definition) is 4. The van der Waals surface area contributed by atoms with Crippen LogP contribution in [0.3, 0.4) is 0 Å². The van der Waals surface area contributed by atoms with Crippen LogP contribution in [-0.2, 0) is 0 Å². The van der Waals surface area contributed by atoms with Gasteiger partial charge in [-0.2, -0.15) is 0 Å². The number of carboxylic acid groups (broad SMARTS) is 1. The zero-order valence-electron chi connectivity index (χ0n) is 9.52. The molecule has 0 aliphatic heterocycles. The van der Waals surface area contributed by atoms with Crippen molar-refractivity contribution in [3.8, 4) is 0 Å². The molecule has 0 saturated heterocycles. The van der Waals surface area contributed by atoms with E-state index < -0.39 is 11.8 Å². The number of anilines is 3. The van der Waals surface area contributed by atoms with Crippen LogP contribution >= 0.6 is 11.6 Å². The number of carboxylic acids is 1. The first kappa shape index (κ1) is 13.1. The Morgan fingerprint density at radius 2 is 2.16 bits per heavy atom. The first-order chi connectivity index (χ1) is 9.00. The Morgan fingerprint density at radius 3 is 2.84 bits per heavy atom. The van der Waals surface area contributed by atoms with Crippen molar-refractivity contribution in [3.05, 3.63) is 46.9 Å². The number of rotatable bonds is 3. The number of benzene rings is 1. The molecule has 0 radical (unpaired) electrons. The number of aromatic nitrogens is 1. The number of aromatic carboxylic acids is 1. The summed E-state index contributed by atoms with van der Waals surface area (Å²) in [6.07, 6.45) is 1.27. The van der Waals surface area contributed by atoms with Gasteiger partial charge in [0.05, 0.1) is 22.0 Å². The van der Waals surface area contributed by atoms with Gasteiger partial charge in [0.15, 0.2) is 11.6 Å². The van der Waals surface area contributed by atoms with E-state index >= 15 is 0 Å². The lowest BCUT2D eigenvalue weighted by atomic mass is 10.2. The third-order valence-electron chi connectivity index (χ3n) is 2.43. The van der Waals surface area contributed by atoms with Crippen molar-refractivity contribution in [1.29, 1.82) is 0 Å². The molecule has 0 amide bonds. The van der Waals surface area contributed by atoms with Crippen LogP contribution in [0.4, 0.5) is 21.6 Å². The molecule has 1 aromatic carbocycles. The molecule has 7 heteroatoms. The molecule has 2 aromatic rings. The predicted molar refractivity (Wildman–Crippen MR) is 70.3 cm³/mol. The minimum atomic E-state index is -1.19. The van der Waals surface area contributed by atoms with Crippen LogP contribution in [0.5, 0.6) is 0 Å². The van der Waals surface area contributed by atoms with Gasteiger partial charge < -0.3 is 16.2 Å². The molecular weight excluding hydrogens is 273 g/mol. The van der Waals surface area contributed by atoms with Gasteiger partial charge in [0.25, 0.3) is 0 Å². The van der Waals surface area contributed by atoms with Gasteiger partial charge in [-0.25, -0.2) is 14.2 Å². The van der Waals surface area contributed by atoms with Crippen molar-refractivity contribution in [2.24, 2.45) is 0 Å². The molecule has 0 saturated carbocycles. The lowest BCUT2D eigenvalue weighted by Gasteiger charge is -2.11. The summed E-state index contributed by atoms with van der Waals surface area (Å²) in [6, 6.07) is 5.64. The SMILES string of the molecule is Nc1c(C(=O)O)ccnc1Nc1cccc(Cl)c1F. The average Bonchev–Trinajstić information content (AvgIpc) is 2.37. The third kappa shape index (κ3) is 2.58. The van der Waals surface area contributed by atoms with E-state index in [1.54, 1.807) is 6.07 Å². The number of nitrogens with two attached hydrogens (primary N) is 1. The molecule has 0 bridgehead atoms. The number of nitrogens with zero attached hydrogens (tertiary/aromatic N) is 1. The zero-order chi connectivity index (χ0) is 14.0. The van der Waals surface area contributed by atoms with Gasteiger partial charge in [-0.05, 0) is 18.2 Å². The molecule has 5 nitrogen and oxygen atoms in total.